The number of nitro benzene ring substituents is 1. The molecule has 1 heterocycles. The quantitative estimate of drug-likeness (QED) is 0.410. The number of para-hydroxylation sites is 1. The van der Waals surface area contributed by atoms with Gasteiger partial charge in [0.05, 0.1) is 16.3 Å². The fourth-order valence-electron chi connectivity index (χ4n) is 2.74. The van der Waals surface area contributed by atoms with Crippen molar-refractivity contribution >= 4 is 34.6 Å². The highest BCUT2D eigenvalue weighted by molar-refractivity contribution is 5.81. The summed E-state index contributed by atoms with van der Waals surface area (Å²) in [6.45, 7) is 0. The highest BCUT2D eigenvalue weighted by Crippen LogP contribution is 2.34. The Bertz CT molecular complexity index is 1110. The first kappa shape index (κ1) is 21.1. The van der Waals surface area contributed by atoms with E-state index < -0.39 is 21.4 Å². The van der Waals surface area contributed by atoms with E-state index in [0.717, 1.165) is 6.33 Å². The second-order valence-electron chi connectivity index (χ2n) is 6.32. The van der Waals surface area contributed by atoms with Crippen LogP contribution in [0, 0.1) is 20.2 Å². The molecule has 12 nitrogen and oxygen atoms in total. The fourth-order valence-corrected chi connectivity index (χ4v) is 2.74. The first-order chi connectivity index (χ1) is 14.9. The van der Waals surface area contributed by atoms with Crippen LogP contribution >= 0.6 is 0 Å². The van der Waals surface area contributed by atoms with Crippen LogP contribution in [0.25, 0.3) is 0 Å². The van der Waals surface area contributed by atoms with Gasteiger partial charge in [0.15, 0.2) is 0 Å². The van der Waals surface area contributed by atoms with Crippen molar-refractivity contribution in [3.05, 3.63) is 86.7 Å². The van der Waals surface area contributed by atoms with Crippen molar-refractivity contribution in [3.8, 4) is 0 Å². The molecule has 12 heteroatoms. The van der Waals surface area contributed by atoms with E-state index in [2.05, 4.69) is 20.8 Å². The molecule has 3 aromatic rings. The van der Waals surface area contributed by atoms with Crippen molar-refractivity contribution in [2.24, 2.45) is 0 Å². The third-order valence-corrected chi connectivity index (χ3v) is 4.28. The minimum atomic E-state index is -0.639. The molecule has 0 fully saturated rings. The third kappa shape index (κ3) is 5.06. The number of hydrogen-bond donors (Lipinski definition) is 2. The van der Waals surface area contributed by atoms with Crippen molar-refractivity contribution in [2.75, 3.05) is 17.4 Å². The molecular formula is C19H17N7O5. The Morgan fingerprint density at radius 1 is 1.00 bits per heavy atom. The molecule has 0 bridgehead atoms. The van der Waals surface area contributed by atoms with Gasteiger partial charge in [-0.25, -0.2) is 9.97 Å². The number of non-ortho nitro benzene ring substituents is 1. The Balaban J connectivity index is 1.74. The van der Waals surface area contributed by atoms with Crippen LogP contribution < -0.4 is 15.8 Å². The third-order valence-electron chi connectivity index (χ3n) is 4.28. The Morgan fingerprint density at radius 2 is 1.68 bits per heavy atom. The second-order valence-corrected chi connectivity index (χ2v) is 6.32. The molecule has 0 saturated heterocycles. The Morgan fingerprint density at radius 3 is 2.29 bits per heavy atom. The summed E-state index contributed by atoms with van der Waals surface area (Å²) in [4.78, 5) is 42.8. The summed E-state index contributed by atoms with van der Waals surface area (Å²) in [5, 5.41) is 22.4. The van der Waals surface area contributed by atoms with E-state index in [4.69, 9.17) is 0 Å². The number of anilines is 3. The van der Waals surface area contributed by atoms with Crippen molar-refractivity contribution in [1.29, 1.82) is 0 Å². The zero-order valence-electron chi connectivity index (χ0n) is 16.3. The first-order valence-corrected chi connectivity index (χ1v) is 8.93. The number of benzene rings is 2. The van der Waals surface area contributed by atoms with E-state index in [9.17, 15) is 25.0 Å². The predicted octanol–water partition coefficient (Wildman–Crippen LogP) is 2.75. The maximum absolute atomic E-state index is 12.2. The number of nitrogens with one attached hydrogen (secondary N) is 2. The molecule has 1 aromatic heterocycles. The number of hydrogen-bond acceptors (Lipinski definition) is 9. The Kier molecular flexibility index (Phi) is 6.30. The Labute approximate surface area is 175 Å². The zero-order valence-corrected chi connectivity index (χ0v) is 16.3. The van der Waals surface area contributed by atoms with E-state index >= 15 is 0 Å². The first-order valence-electron chi connectivity index (χ1n) is 8.93. The lowest BCUT2D eigenvalue weighted by molar-refractivity contribution is -0.384. The van der Waals surface area contributed by atoms with Crippen molar-refractivity contribution in [3.63, 3.8) is 0 Å². The number of carbonyl (C=O) groups excluding carboxylic acids is 1. The SMILES string of the molecule is CN(c1ccccc1)c1ncnc(NNC(=O)Cc2ccc([N+](=O)[O-])cc2)c1[N+](=O)[O-]. The van der Waals surface area contributed by atoms with Crippen LogP contribution in [0.2, 0.25) is 0 Å². The smallest absolute Gasteiger partial charge is 0.324 e. The predicted molar refractivity (Wildman–Crippen MR) is 112 cm³/mol. The average molecular weight is 423 g/mol. The van der Waals surface area contributed by atoms with Crippen LogP contribution in [0.5, 0.6) is 0 Å². The lowest BCUT2D eigenvalue weighted by Crippen LogP contribution is -2.31. The van der Waals surface area contributed by atoms with Gasteiger partial charge in [-0.1, -0.05) is 30.3 Å². The maximum atomic E-state index is 12.2. The number of nitro groups is 2. The molecule has 0 aliphatic rings. The molecule has 0 saturated carbocycles. The molecule has 0 spiro atoms. The summed E-state index contributed by atoms with van der Waals surface area (Å²) in [6, 6.07) is 14.4. The molecule has 2 N–H and O–H groups in total. The topological polar surface area (TPSA) is 156 Å². The van der Waals surface area contributed by atoms with Gasteiger partial charge in [-0.15, -0.1) is 0 Å². The molecule has 158 valence electrons. The van der Waals surface area contributed by atoms with Gasteiger partial charge in [0.1, 0.15) is 6.33 Å². The molecule has 2 aromatic carbocycles. The summed E-state index contributed by atoms with van der Waals surface area (Å²) in [5.74, 6) is -0.659. The van der Waals surface area contributed by atoms with E-state index in [-0.39, 0.29) is 23.7 Å². The van der Waals surface area contributed by atoms with E-state index in [1.54, 1.807) is 31.3 Å². The lowest BCUT2D eigenvalue weighted by atomic mass is 10.1. The van der Waals surface area contributed by atoms with Crippen LogP contribution in [-0.4, -0.2) is 32.8 Å². The van der Waals surface area contributed by atoms with Gasteiger partial charge in [-0.05, 0) is 17.7 Å². The number of rotatable bonds is 8. The van der Waals surface area contributed by atoms with Gasteiger partial charge >= 0.3 is 5.69 Å². The monoisotopic (exact) mass is 423 g/mol. The average Bonchev–Trinajstić information content (AvgIpc) is 2.77. The van der Waals surface area contributed by atoms with Gasteiger partial charge in [-0.3, -0.25) is 35.9 Å². The van der Waals surface area contributed by atoms with Crippen molar-refractivity contribution < 1.29 is 14.6 Å². The summed E-state index contributed by atoms with van der Waals surface area (Å²) < 4.78 is 0. The lowest BCUT2D eigenvalue weighted by Gasteiger charge is -2.18. The van der Waals surface area contributed by atoms with Crippen LogP contribution in [0.4, 0.5) is 28.7 Å². The molecule has 0 aliphatic carbocycles. The molecule has 31 heavy (non-hydrogen) atoms. The highest BCUT2D eigenvalue weighted by atomic mass is 16.6. The standard InChI is InChI=1S/C19H17N7O5/c1-24(14-5-3-2-4-6-14)19-17(26(30)31)18(20-12-21-19)23-22-16(27)11-13-7-9-15(10-8-13)25(28)29/h2-10,12H,11H2,1H3,(H,22,27)(H,20,21,23). The molecule has 0 atom stereocenters. The highest BCUT2D eigenvalue weighted by Gasteiger charge is 2.26. The molecule has 0 radical (unpaired) electrons. The largest absolute Gasteiger partial charge is 0.355 e. The summed E-state index contributed by atoms with van der Waals surface area (Å²) in [5.41, 5.74) is 5.52. The zero-order chi connectivity index (χ0) is 22.4. The van der Waals surface area contributed by atoms with Gasteiger partial charge in [0.2, 0.25) is 17.5 Å². The molecular weight excluding hydrogens is 406 g/mol. The minimum Gasteiger partial charge on any atom is -0.324 e. The second kappa shape index (κ2) is 9.26. The van der Waals surface area contributed by atoms with Crippen molar-refractivity contribution in [1.82, 2.24) is 15.4 Å². The summed E-state index contributed by atoms with van der Waals surface area (Å²) >= 11 is 0. The van der Waals surface area contributed by atoms with Crippen molar-refractivity contribution in [2.45, 2.75) is 6.42 Å². The maximum Gasteiger partial charge on any atom is 0.355 e. The van der Waals surface area contributed by atoms with Gasteiger partial charge in [-0.2, -0.15) is 0 Å². The fraction of sp³-hybridized carbons (Fsp3) is 0.105. The Hall–Kier alpha value is -4.61. The normalized spacial score (nSPS) is 10.2. The molecule has 1 amide bonds. The van der Waals surface area contributed by atoms with Gasteiger partial charge in [0, 0.05) is 24.9 Å². The van der Waals surface area contributed by atoms with Crippen LogP contribution in [-0.2, 0) is 11.2 Å². The summed E-state index contributed by atoms with van der Waals surface area (Å²) in [6.07, 6.45) is 1.05. The molecule has 3 rings (SSSR count). The number of nitrogens with zero attached hydrogens (tertiary/aromatic N) is 5. The van der Waals surface area contributed by atoms with Gasteiger partial charge in [0.25, 0.3) is 5.69 Å². The van der Waals surface area contributed by atoms with Crippen LogP contribution in [0.15, 0.2) is 60.9 Å². The molecule has 0 aliphatic heterocycles. The molecule has 0 unspecified atom stereocenters. The summed E-state index contributed by atoms with van der Waals surface area (Å²) in [7, 11) is 1.63. The van der Waals surface area contributed by atoms with E-state index in [0.29, 0.717) is 11.3 Å². The minimum absolute atomic E-state index is 0.0401. The van der Waals surface area contributed by atoms with Crippen LogP contribution in [0.1, 0.15) is 5.56 Å². The van der Waals surface area contributed by atoms with E-state index in [1.165, 1.54) is 29.2 Å². The number of amides is 1. The van der Waals surface area contributed by atoms with Crippen LogP contribution in [0.3, 0.4) is 0 Å². The number of aromatic nitrogens is 2. The number of carbonyl (C=O) groups is 1. The van der Waals surface area contributed by atoms with E-state index in [1.807, 2.05) is 6.07 Å². The van der Waals surface area contributed by atoms with Gasteiger partial charge < -0.3 is 4.90 Å². The number of hydrazine groups is 1.